The summed E-state index contributed by atoms with van der Waals surface area (Å²) in [5.74, 6) is -5.87. The SMILES string of the molecule is CCCCCc1ccc(-c2ccc(-c3cc(F)c(F)c(F)c3)cc2)c(F)c1F. The van der Waals surface area contributed by atoms with Crippen LogP contribution in [0.5, 0.6) is 0 Å². The van der Waals surface area contributed by atoms with E-state index in [9.17, 15) is 22.0 Å². The Morgan fingerprint density at radius 1 is 0.607 bits per heavy atom. The van der Waals surface area contributed by atoms with Gasteiger partial charge in [-0.25, -0.2) is 22.0 Å². The average Bonchev–Trinajstić information content (AvgIpc) is 2.69. The van der Waals surface area contributed by atoms with Gasteiger partial charge in [0.15, 0.2) is 29.1 Å². The summed E-state index contributed by atoms with van der Waals surface area (Å²) in [5, 5.41) is 0. The summed E-state index contributed by atoms with van der Waals surface area (Å²) in [4.78, 5) is 0. The molecule has 0 nitrogen and oxygen atoms in total. The Bertz CT molecular complexity index is 954. The molecule has 0 amide bonds. The molecule has 3 aromatic carbocycles. The highest BCUT2D eigenvalue weighted by Crippen LogP contribution is 2.30. The van der Waals surface area contributed by atoms with Gasteiger partial charge >= 0.3 is 0 Å². The van der Waals surface area contributed by atoms with Crippen LogP contribution in [0.3, 0.4) is 0 Å². The van der Waals surface area contributed by atoms with Gasteiger partial charge in [0.05, 0.1) is 0 Å². The van der Waals surface area contributed by atoms with Crippen LogP contribution in [-0.2, 0) is 6.42 Å². The first-order chi connectivity index (χ1) is 13.4. The summed E-state index contributed by atoms with van der Waals surface area (Å²) in [7, 11) is 0. The third kappa shape index (κ3) is 4.08. The van der Waals surface area contributed by atoms with Crippen molar-refractivity contribution in [2.24, 2.45) is 0 Å². The minimum atomic E-state index is -1.53. The minimum absolute atomic E-state index is 0.111. The molecule has 0 radical (unpaired) electrons. The van der Waals surface area contributed by atoms with Crippen molar-refractivity contribution in [1.29, 1.82) is 0 Å². The smallest absolute Gasteiger partial charge is 0.194 e. The van der Waals surface area contributed by atoms with Gasteiger partial charge in [0.25, 0.3) is 0 Å². The van der Waals surface area contributed by atoms with Gasteiger partial charge in [0.2, 0.25) is 0 Å². The highest BCUT2D eigenvalue weighted by molar-refractivity contribution is 5.71. The highest BCUT2D eigenvalue weighted by atomic mass is 19.2. The molecule has 0 aliphatic heterocycles. The zero-order chi connectivity index (χ0) is 20.3. The predicted octanol–water partition coefficient (Wildman–Crippen LogP) is 7.45. The highest BCUT2D eigenvalue weighted by Gasteiger charge is 2.15. The molecule has 0 saturated heterocycles. The summed E-state index contributed by atoms with van der Waals surface area (Å²) >= 11 is 0. The lowest BCUT2D eigenvalue weighted by Gasteiger charge is -2.10. The Kier molecular flexibility index (Phi) is 6.12. The quantitative estimate of drug-likeness (QED) is 0.233. The van der Waals surface area contributed by atoms with E-state index in [2.05, 4.69) is 0 Å². The van der Waals surface area contributed by atoms with Gasteiger partial charge in [-0.3, -0.25) is 0 Å². The fourth-order valence-electron chi connectivity index (χ4n) is 3.14. The molecule has 0 heterocycles. The van der Waals surface area contributed by atoms with E-state index in [1.807, 2.05) is 6.92 Å². The molecule has 5 heteroatoms. The molecule has 0 saturated carbocycles. The fraction of sp³-hybridized carbons (Fsp3) is 0.217. The van der Waals surface area contributed by atoms with Gasteiger partial charge in [0.1, 0.15) is 0 Å². The third-order valence-electron chi connectivity index (χ3n) is 4.73. The average molecular weight is 390 g/mol. The lowest BCUT2D eigenvalue weighted by atomic mass is 9.97. The van der Waals surface area contributed by atoms with E-state index >= 15 is 0 Å². The van der Waals surface area contributed by atoms with Gasteiger partial charge in [-0.05, 0) is 47.2 Å². The zero-order valence-electron chi connectivity index (χ0n) is 15.3. The van der Waals surface area contributed by atoms with Crippen molar-refractivity contribution in [3.63, 3.8) is 0 Å². The van der Waals surface area contributed by atoms with Crippen molar-refractivity contribution in [3.05, 3.63) is 83.2 Å². The van der Waals surface area contributed by atoms with E-state index in [-0.39, 0.29) is 11.1 Å². The van der Waals surface area contributed by atoms with E-state index in [0.717, 1.165) is 31.4 Å². The van der Waals surface area contributed by atoms with Crippen molar-refractivity contribution in [1.82, 2.24) is 0 Å². The molecule has 0 aliphatic rings. The molecule has 0 atom stereocenters. The summed E-state index contributed by atoms with van der Waals surface area (Å²) in [6.07, 6.45) is 3.23. The van der Waals surface area contributed by atoms with Crippen LogP contribution in [0.25, 0.3) is 22.3 Å². The molecule has 0 aromatic heterocycles. The van der Waals surface area contributed by atoms with Crippen LogP contribution in [-0.4, -0.2) is 0 Å². The van der Waals surface area contributed by atoms with Crippen LogP contribution >= 0.6 is 0 Å². The number of benzene rings is 3. The second-order valence-corrected chi connectivity index (χ2v) is 6.69. The summed E-state index contributed by atoms with van der Waals surface area (Å²) < 4.78 is 68.8. The number of hydrogen-bond donors (Lipinski definition) is 0. The molecule has 0 aliphatic carbocycles. The molecule has 0 bridgehead atoms. The predicted molar refractivity (Wildman–Crippen MR) is 100 cm³/mol. The fourth-order valence-corrected chi connectivity index (χ4v) is 3.14. The van der Waals surface area contributed by atoms with Crippen LogP contribution in [0.15, 0.2) is 48.5 Å². The second kappa shape index (κ2) is 8.55. The lowest BCUT2D eigenvalue weighted by Crippen LogP contribution is -1.97. The van der Waals surface area contributed by atoms with E-state index < -0.39 is 29.1 Å². The largest absolute Gasteiger partial charge is 0.204 e. The van der Waals surface area contributed by atoms with Crippen molar-refractivity contribution in [2.75, 3.05) is 0 Å². The molecule has 0 fully saturated rings. The van der Waals surface area contributed by atoms with Crippen LogP contribution in [0.4, 0.5) is 22.0 Å². The van der Waals surface area contributed by atoms with Gasteiger partial charge in [0, 0.05) is 5.56 Å². The summed E-state index contributed by atoms with van der Waals surface area (Å²) in [6, 6.07) is 11.0. The Balaban J connectivity index is 1.88. The first kappa shape index (κ1) is 20.1. The van der Waals surface area contributed by atoms with E-state index in [1.165, 1.54) is 30.3 Å². The molecule has 3 rings (SSSR count). The molecule has 146 valence electrons. The Hall–Kier alpha value is -2.69. The summed E-state index contributed by atoms with van der Waals surface area (Å²) in [5.41, 5.74) is 1.48. The molecule has 0 N–H and O–H groups in total. The Morgan fingerprint density at radius 2 is 1.21 bits per heavy atom. The van der Waals surface area contributed by atoms with Crippen molar-refractivity contribution in [3.8, 4) is 22.3 Å². The van der Waals surface area contributed by atoms with Crippen LogP contribution in [0.1, 0.15) is 31.7 Å². The number of hydrogen-bond acceptors (Lipinski definition) is 0. The van der Waals surface area contributed by atoms with Gasteiger partial charge in [-0.2, -0.15) is 0 Å². The maximum atomic E-state index is 14.5. The first-order valence-electron chi connectivity index (χ1n) is 9.14. The molecular weight excluding hydrogens is 371 g/mol. The van der Waals surface area contributed by atoms with Crippen LogP contribution in [0.2, 0.25) is 0 Å². The molecule has 0 unspecified atom stereocenters. The third-order valence-corrected chi connectivity index (χ3v) is 4.73. The molecule has 28 heavy (non-hydrogen) atoms. The second-order valence-electron chi connectivity index (χ2n) is 6.69. The van der Waals surface area contributed by atoms with Crippen LogP contribution < -0.4 is 0 Å². The molecule has 0 spiro atoms. The maximum absolute atomic E-state index is 14.5. The van der Waals surface area contributed by atoms with Gasteiger partial charge in [-0.1, -0.05) is 56.2 Å². The van der Waals surface area contributed by atoms with Gasteiger partial charge < -0.3 is 0 Å². The van der Waals surface area contributed by atoms with E-state index in [0.29, 0.717) is 23.1 Å². The Labute approximate surface area is 160 Å². The summed E-state index contributed by atoms with van der Waals surface area (Å²) in [6.45, 7) is 2.04. The Morgan fingerprint density at radius 3 is 1.82 bits per heavy atom. The number of aryl methyl sites for hydroxylation is 1. The lowest BCUT2D eigenvalue weighted by molar-refractivity contribution is 0.448. The topological polar surface area (TPSA) is 0 Å². The number of rotatable bonds is 6. The van der Waals surface area contributed by atoms with Crippen molar-refractivity contribution >= 4 is 0 Å². The monoisotopic (exact) mass is 390 g/mol. The van der Waals surface area contributed by atoms with E-state index in [4.69, 9.17) is 0 Å². The zero-order valence-corrected chi connectivity index (χ0v) is 15.3. The minimum Gasteiger partial charge on any atom is -0.204 e. The van der Waals surface area contributed by atoms with Crippen LogP contribution in [0, 0.1) is 29.1 Å². The maximum Gasteiger partial charge on any atom is 0.194 e. The number of halogens is 5. The number of unbranched alkanes of at least 4 members (excludes halogenated alkanes) is 2. The van der Waals surface area contributed by atoms with Crippen molar-refractivity contribution in [2.45, 2.75) is 32.6 Å². The standard InChI is InChI=1S/C23H19F5/c1-2-3-4-5-16-10-11-18(22(27)21(16)26)15-8-6-14(7-9-15)17-12-19(24)23(28)20(25)13-17/h6-13H,2-5H2,1H3. The molecular formula is C23H19F5. The van der Waals surface area contributed by atoms with E-state index in [1.54, 1.807) is 6.07 Å². The first-order valence-corrected chi connectivity index (χ1v) is 9.14. The van der Waals surface area contributed by atoms with Gasteiger partial charge in [-0.15, -0.1) is 0 Å². The molecule has 3 aromatic rings. The van der Waals surface area contributed by atoms with Crippen molar-refractivity contribution < 1.29 is 22.0 Å². The normalized spacial score (nSPS) is 11.1.